The lowest BCUT2D eigenvalue weighted by molar-refractivity contribution is -0.137. The molecule has 0 amide bonds. The van der Waals surface area contributed by atoms with Gasteiger partial charge in [-0.3, -0.25) is 0 Å². The third-order valence-corrected chi connectivity index (χ3v) is 3.67. The van der Waals surface area contributed by atoms with E-state index in [9.17, 15) is 18.0 Å². The Morgan fingerprint density at radius 2 is 1.56 bits per heavy atom. The number of alkyl halides is 3. The third-order valence-electron chi connectivity index (χ3n) is 3.67. The molecule has 1 nitrogen and oxygen atoms in total. The van der Waals surface area contributed by atoms with E-state index >= 15 is 0 Å². The van der Waals surface area contributed by atoms with Crippen LogP contribution in [0.4, 0.5) is 13.2 Å². The lowest BCUT2D eigenvalue weighted by Crippen LogP contribution is -2.14. The first-order chi connectivity index (χ1) is 8.50. The fourth-order valence-electron chi connectivity index (χ4n) is 2.53. The van der Waals surface area contributed by atoms with Crippen LogP contribution in [0, 0.1) is 5.92 Å². The third kappa shape index (κ3) is 2.92. The summed E-state index contributed by atoms with van der Waals surface area (Å²) in [6.07, 6.45) is 0.171. The molecule has 1 aromatic carbocycles. The zero-order valence-corrected chi connectivity index (χ0v) is 9.91. The molecule has 98 valence electrons. The number of benzene rings is 1. The van der Waals surface area contributed by atoms with Gasteiger partial charge in [0.25, 0.3) is 0 Å². The summed E-state index contributed by atoms with van der Waals surface area (Å²) in [7, 11) is 0. The highest BCUT2D eigenvalue weighted by Gasteiger charge is 2.30. The standard InChI is InChI=1S/C14H15F3O/c15-14(16,17)13-7-5-12(6-8-13)11-3-1-10(9-18)2-4-11/h5-11H,1-4H2. The van der Waals surface area contributed by atoms with Crippen LogP contribution in [-0.4, -0.2) is 6.29 Å². The Labute approximate surface area is 104 Å². The Kier molecular flexibility index (Phi) is 3.73. The Hall–Kier alpha value is -1.32. The van der Waals surface area contributed by atoms with Crippen molar-refractivity contribution < 1.29 is 18.0 Å². The van der Waals surface area contributed by atoms with Crippen LogP contribution >= 0.6 is 0 Å². The van der Waals surface area contributed by atoms with E-state index in [0.29, 0.717) is 5.92 Å². The maximum absolute atomic E-state index is 12.4. The second-order valence-corrected chi connectivity index (χ2v) is 4.87. The molecule has 1 aliphatic carbocycles. The van der Waals surface area contributed by atoms with E-state index < -0.39 is 11.7 Å². The van der Waals surface area contributed by atoms with Crippen molar-refractivity contribution in [2.45, 2.75) is 37.8 Å². The minimum atomic E-state index is -4.27. The van der Waals surface area contributed by atoms with Gasteiger partial charge in [0.15, 0.2) is 0 Å². The highest BCUT2D eigenvalue weighted by Crippen LogP contribution is 2.36. The van der Waals surface area contributed by atoms with Gasteiger partial charge in [-0.05, 0) is 49.3 Å². The lowest BCUT2D eigenvalue weighted by Gasteiger charge is -2.25. The molecule has 0 aliphatic heterocycles. The van der Waals surface area contributed by atoms with Crippen LogP contribution in [0.5, 0.6) is 0 Å². The minimum Gasteiger partial charge on any atom is -0.303 e. The number of halogens is 3. The van der Waals surface area contributed by atoms with E-state index in [1.807, 2.05) is 0 Å². The van der Waals surface area contributed by atoms with Crippen molar-refractivity contribution in [1.29, 1.82) is 0 Å². The summed E-state index contributed by atoms with van der Waals surface area (Å²) >= 11 is 0. The maximum atomic E-state index is 12.4. The van der Waals surface area contributed by atoms with Gasteiger partial charge in [0.2, 0.25) is 0 Å². The zero-order chi connectivity index (χ0) is 13.2. The van der Waals surface area contributed by atoms with Gasteiger partial charge in [0, 0.05) is 5.92 Å². The van der Waals surface area contributed by atoms with Crippen molar-refractivity contribution in [2.24, 2.45) is 5.92 Å². The van der Waals surface area contributed by atoms with E-state index in [1.165, 1.54) is 0 Å². The van der Waals surface area contributed by atoms with E-state index in [1.54, 1.807) is 12.1 Å². The quantitative estimate of drug-likeness (QED) is 0.725. The average Bonchev–Trinajstić information content (AvgIpc) is 2.38. The van der Waals surface area contributed by atoms with Crippen molar-refractivity contribution in [2.75, 3.05) is 0 Å². The van der Waals surface area contributed by atoms with Gasteiger partial charge in [-0.15, -0.1) is 0 Å². The van der Waals surface area contributed by atoms with Crippen LogP contribution in [0.3, 0.4) is 0 Å². The Morgan fingerprint density at radius 3 is 2.00 bits per heavy atom. The largest absolute Gasteiger partial charge is 0.416 e. The fraction of sp³-hybridized carbons (Fsp3) is 0.500. The van der Waals surface area contributed by atoms with Gasteiger partial charge in [0.05, 0.1) is 5.56 Å². The molecule has 1 aromatic rings. The summed E-state index contributed by atoms with van der Waals surface area (Å²) in [6, 6.07) is 5.41. The summed E-state index contributed by atoms with van der Waals surface area (Å²) in [6.45, 7) is 0. The monoisotopic (exact) mass is 256 g/mol. The molecule has 0 radical (unpaired) electrons. The molecule has 0 heterocycles. The average molecular weight is 256 g/mol. The fourth-order valence-corrected chi connectivity index (χ4v) is 2.53. The maximum Gasteiger partial charge on any atom is 0.416 e. The summed E-state index contributed by atoms with van der Waals surface area (Å²) < 4.78 is 37.3. The number of aldehydes is 1. The van der Waals surface area contributed by atoms with Crippen molar-refractivity contribution in [3.8, 4) is 0 Å². The van der Waals surface area contributed by atoms with Gasteiger partial charge >= 0.3 is 6.18 Å². The molecule has 0 N–H and O–H groups in total. The van der Waals surface area contributed by atoms with Crippen LogP contribution < -0.4 is 0 Å². The summed E-state index contributed by atoms with van der Waals surface area (Å²) in [5.74, 6) is 0.430. The van der Waals surface area contributed by atoms with E-state index in [2.05, 4.69) is 0 Å². The number of hydrogen-bond acceptors (Lipinski definition) is 1. The van der Waals surface area contributed by atoms with Gasteiger partial charge in [-0.25, -0.2) is 0 Å². The van der Waals surface area contributed by atoms with E-state index in [-0.39, 0.29) is 5.92 Å². The molecule has 4 heteroatoms. The molecule has 0 aromatic heterocycles. The van der Waals surface area contributed by atoms with Crippen LogP contribution in [0.15, 0.2) is 24.3 Å². The SMILES string of the molecule is O=CC1CCC(c2ccc(C(F)(F)F)cc2)CC1. The first kappa shape index (κ1) is 13.1. The van der Waals surface area contributed by atoms with E-state index in [4.69, 9.17) is 0 Å². The molecule has 1 saturated carbocycles. The second kappa shape index (κ2) is 5.12. The van der Waals surface area contributed by atoms with Crippen molar-refractivity contribution >= 4 is 6.29 Å². The van der Waals surface area contributed by atoms with Crippen LogP contribution in [0.1, 0.15) is 42.7 Å². The van der Waals surface area contributed by atoms with Gasteiger partial charge in [0.1, 0.15) is 6.29 Å². The molecular weight excluding hydrogens is 241 g/mol. The normalized spacial score (nSPS) is 24.8. The molecule has 18 heavy (non-hydrogen) atoms. The highest BCUT2D eigenvalue weighted by atomic mass is 19.4. The predicted octanol–water partition coefficient (Wildman–Crippen LogP) is 4.18. The van der Waals surface area contributed by atoms with Gasteiger partial charge < -0.3 is 4.79 Å². The summed E-state index contributed by atoms with van der Waals surface area (Å²) in [4.78, 5) is 10.6. The van der Waals surface area contributed by atoms with Gasteiger partial charge in [-0.2, -0.15) is 13.2 Å². The Bertz CT molecular complexity index is 400. The van der Waals surface area contributed by atoms with Crippen LogP contribution in [0.25, 0.3) is 0 Å². The number of carbonyl (C=O) groups excluding carboxylic acids is 1. The second-order valence-electron chi connectivity index (χ2n) is 4.87. The zero-order valence-electron chi connectivity index (χ0n) is 9.91. The number of carbonyl (C=O) groups is 1. The first-order valence-electron chi connectivity index (χ1n) is 6.13. The van der Waals surface area contributed by atoms with Crippen molar-refractivity contribution in [3.63, 3.8) is 0 Å². The van der Waals surface area contributed by atoms with Crippen molar-refractivity contribution in [1.82, 2.24) is 0 Å². The smallest absolute Gasteiger partial charge is 0.303 e. The topological polar surface area (TPSA) is 17.1 Å². The van der Waals surface area contributed by atoms with E-state index in [0.717, 1.165) is 49.7 Å². The van der Waals surface area contributed by atoms with Gasteiger partial charge in [-0.1, -0.05) is 12.1 Å². The minimum absolute atomic E-state index is 0.135. The summed E-state index contributed by atoms with van der Waals surface area (Å²) in [5.41, 5.74) is 0.347. The molecule has 0 spiro atoms. The molecule has 0 unspecified atom stereocenters. The molecule has 0 atom stereocenters. The predicted molar refractivity (Wildman–Crippen MR) is 62.2 cm³/mol. The molecule has 1 aliphatic rings. The molecule has 0 saturated heterocycles. The Balaban J connectivity index is 2.05. The lowest BCUT2D eigenvalue weighted by atomic mass is 9.79. The highest BCUT2D eigenvalue weighted by molar-refractivity contribution is 5.53. The molecule has 0 bridgehead atoms. The molecular formula is C14H15F3O. The molecule has 1 fully saturated rings. The molecule has 2 rings (SSSR count). The van der Waals surface area contributed by atoms with Crippen LogP contribution in [-0.2, 0) is 11.0 Å². The van der Waals surface area contributed by atoms with Crippen LogP contribution in [0.2, 0.25) is 0 Å². The number of hydrogen-bond donors (Lipinski definition) is 0. The summed E-state index contributed by atoms with van der Waals surface area (Å²) in [5, 5.41) is 0. The first-order valence-corrected chi connectivity index (χ1v) is 6.13. The Morgan fingerprint density at radius 1 is 1.00 bits per heavy atom. The number of rotatable bonds is 2. The van der Waals surface area contributed by atoms with Crippen molar-refractivity contribution in [3.05, 3.63) is 35.4 Å².